The lowest BCUT2D eigenvalue weighted by Crippen LogP contribution is -2.48. The highest BCUT2D eigenvalue weighted by molar-refractivity contribution is 6.77. The first kappa shape index (κ1) is 19.9. The van der Waals surface area contributed by atoms with Crippen LogP contribution in [0.3, 0.4) is 0 Å². The predicted molar refractivity (Wildman–Crippen MR) is 94.8 cm³/mol. The molecule has 0 aromatic rings. The quantitative estimate of drug-likeness (QED) is 0.371. The standard InChI is InChI=1S/C18H38OSi/c1-11-17(12-18(8,9)10)13-19-20(14(2)3,15(4)5)16(6)7/h11,14-17H,1,12-13H2,2-10H3/t17-/m1/s1. The summed E-state index contributed by atoms with van der Waals surface area (Å²) in [5.41, 5.74) is 2.30. The van der Waals surface area contributed by atoms with E-state index >= 15 is 0 Å². The number of hydrogen-bond acceptors (Lipinski definition) is 1. The van der Waals surface area contributed by atoms with Crippen molar-refractivity contribution < 1.29 is 4.43 Å². The Morgan fingerprint density at radius 3 is 1.60 bits per heavy atom. The van der Waals surface area contributed by atoms with Crippen LogP contribution in [0.25, 0.3) is 0 Å². The molecule has 120 valence electrons. The SMILES string of the molecule is C=C[C@@H](CO[Si](C(C)C)(C(C)C)C(C)C)CC(C)(C)C. The van der Waals surface area contributed by atoms with E-state index in [9.17, 15) is 0 Å². The second kappa shape index (κ2) is 7.79. The molecule has 1 atom stereocenters. The van der Waals surface area contributed by atoms with Crippen molar-refractivity contribution in [3.8, 4) is 0 Å². The van der Waals surface area contributed by atoms with Crippen molar-refractivity contribution in [3.63, 3.8) is 0 Å². The van der Waals surface area contributed by atoms with E-state index in [1.165, 1.54) is 0 Å². The minimum Gasteiger partial charge on any atom is -0.415 e. The number of rotatable bonds is 8. The van der Waals surface area contributed by atoms with E-state index in [0.717, 1.165) is 13.0 Å². The molecule has 20 heavy (non-hydrogen) atoms. The first-order valence-electron chi connectivity index (χ1n) is 8.23. The summed E-state index contributed by atoms with van der Waals surface area (Å²) >= 11 is 0. The average Bonchev–Trinajstić information content (AvgIpc) is 2.24. The van der Waals surface area contributed by atoms with Gasteiger partial charge in [0.05, 0.1) is 0 Å². The second-order valence-corrected chi connectivity index (χ2v) is 13.8. The van der Waals surface area contributed by atoms with Crippen molar-refractivity contribution in [1.82, 2.24) is 0 Å². The molecule has 0 aliphatic carbocycles. The fourth-order valence-electron chi connectivity index (χ4n) is 3.75. The molecule has 0 aromatic carbocycles. The fraction of sp³-hybridized carbons (Fsp3) is 0.889. The van der Waals surface area contributed by atoms with Crippen LogP contribution in [0, 0.1) is 11.3 Å². The van der Waals surface area contributed by atoms with Gasteiger partial charge in [0.2, 0.25) is 0 Å². The smallest absolute Gasteiger partial charge is 0.200 e. The Morgan fingerprint density at radius 1 is 0.950 bits per heavy atom. The topological polar surface area (TPSA) is 9.23 Å². The Hall–Kier alpha value is -0.0831. The van der Waals surface area contributed by atoms with Crippen molar-refractivity contribution in [2.75, 3.05) is 6.61 Å². The predicted octanol–water partition coefficient (Wildman–Crippen LogP) is 6.42. The summed E-state index contributed by atoms with van der Waals surface area (Å²) in [4.78, 5) is 0. The van der Waals surface area contributed by atoms with Crippen LogP contribution in [0.4, 0.5) is 0 Å². The highest BCUT2D eigenvalue weighted by atomic mass is 28.4. The van der Waals surface area contributed by atoms with Crippen molar-refractivity contribution in [2.45, 2.75) is 85.4 Å². The normalized spacial score (nSPS) is 15.2. The van der Waals surface area contributed by atoms with Crippen LogP contribution in [0.2, 0.25) is 16.6 Å². The lowest BCUT2D eigenvalue weighted by molar-refractivity contribution is 0.204. The Kier molecular flexibility index (Phi) is 7.76. The van der Waals surface area contributed by atoms with Gasteiger partial charge in [0, 0.05) is 6.61 Å². The van der Waals surface area contributed by atoms with Gasteiger partial charge in [-0.3, -0.25) is 0 Å². The maximum atomic E-state index is 6.68. The molecule has 0 radical (unpaired) electrons. The van der Waals surface area contributed by atoms with E-state index in [-0.39, 0.29) is 0 Å². The molecule has 1 nitrogen and oxygen atoms in total. The molecule has 0 unspecified atom stereocenters. The molecule has 0 aromatic heterocycles. The molecule has 0 saturated heterocycles. The maximum Gasteiger partial charge on any atom is 0.200 e. The Morgan fingerprint density at radius 2 is 1.35 bits per heavy atom. The van der Waals surface area contributed by atoms with E-state index in [1.807, 2.05) is 0 Å². The molecule has 0 bridgehead atoms. The second-order valence-electron chi connectivity index (χ2n) is 8.39. The summed E-state index contributed by atoms with van der Waals surface area (Å²) in [6.07, 6.45) is 3.24. The Balaban J connectivity index is 4.97. The zero-order valence-electron chi connectivity index (χ0n) is 15.4. The fourth-order valence-corrected chi connectivity index (χ4v) is 9.25. The summed E-state index contributed by atoms with van der Waals surface area (Å²) in [5.74, 6) is 0.470. The van der Waals surface area contributed by atoms with Crippen LogP contribution in [0.1, 0.15) is 68.7 Å². The summed E-state index contributed by atoms with van der Waals surface area (Å²) in [7, 11) is -1.73. The summed E-state index contributed by atoms with van der Waals surface area (Å²) in [5, 5.41) is 0. The van der Waals surface area contributed by atoms with Crippen molar-refractivity contribution in [1.29, 1.82) is 0 Å². The van der Waals surface area contributed by atoms with Crippen LogP contribution in [-0.4, -0.2) is 14.9 Å². The zero-order valence-corrected chi connectivity index (χ0v) is 16.4. The minimum absolute atomic E-state index is 0.333. The molecule has 0 saturated carbocycles. The van der Waals surface area contributed by atoms with Gasteiger partial charge in [-0.1, -0.05) is 68.4 Å². The van der Waals surface area contributed by atoms with Gasteiger partial charge in [-0.25, -0.2) is 0 Å². The lowest BCUT2D eigenvalue weighted by atomic mass is 9.85. The summed E-state index contributed by atoms with van der Waals surface area (Å²) in [6, 6.07) is 0. The van der Waals surface area contributed by atoms with Crippen LogP contribution >= 0.6 is 0 Å². The average molecular weight is 299 g/mol. The largest absolute Gasteiger partial charge is 0.415 e. The van der Waals surface area contributed by atoms with Gasteiger partial charge in [-0.05, 0) is 34.4 Å². The van der Waals surface area contributed by atoms with Crippen LogP contribution in [-0.2, 0) is 4.43 Å². The third kappa shape index (κ3) is 5.36. The van der Waals surface area contributed by atoms with E-state index in [2.05, 4.69) is 75.0 Å². The highest BCUT2D eigenvalue weighted by Crippen LogP contribution is 2.42. The van der Waals surface area contributed by atoms with Gasteiger partial charge < -0.3 is 4.43 Å². The zero-order chi connectivity index (χ0) is 16.1. The summed E-state index contributed by atoms with van der Waals surface area (Å²) < 4.78 is 6.68. The Labute approximate surface area is 129 Å². The molecule has 0 aliphatic heterocycles. The van der Waals surface area contributed by atoms with E-state index in [1.54, 1.807) is 0 Å². The molecule has 0 aliphatic rings. The Bertz CT molecular complexity index is 265. The summed E-state index contributed by atoms with van der Waals surface area (Å²) in [6.45, 7) is 25.8. The van der Waals surface area contributed by atoms with Gasteiger partial charge in [0.15, 0.2) is 8.32 Å². The molecule has 2 heteroatoms. The monoisotopic (exact) mass is 298 g/mol. The van der Waals surface area contributed by atoms with Gasteiger partial charge in [0.25, 0.3) is 0 Å². The molecule has 0 N–H and O–H groups in total. The molecule has 0 spiro atoms. The third-order valence-electron chi connectivity index (χ3n) is 4.46. The minimum atomic E-state index is -1.73. The van der Waals surface area contributed by atoms with Crippen LogP contribution in [0.15, 0.2) is 12.7 Å². The number of hydrogen-bond donors (Lipinski definition) is 0. The van der Waals surface area contributed by atoms with Gasteiger partial charge in [-0.15, -0.1) is 6.58 Å². The molecular weight excluding hydrogens is 260 g/mol. The molecular formula is C18H38OSi. The molecule has 0 amide bonds. The molecule has 0 fully saturated rings. The van der Waals surface area contributed by atoms with Crippen molar-refractivity contribution in [3.05, 3.63) is 12.7 Å². The lowest BCUT2D eigenvalue weighted by Gasteiger charge is -2.43. The van der Waals surface area contributed by atoms with E-state index in [0.29, 0.717) is 28.0 Å². The van der Waals surface area contributed by atoms with Crippen LogP contribution < -0.4 is 0 Å². The first-order valence-corrected chi connectivity index (χ1v) is 10.4. The van der Waals surface area contributed by atoms with Gasteiger partial charge in [0.1, 0.15) is 0 Å². The van der Waals surface area contributed by atoms with Crippen LogP contribution in [0.5, 0.6) is 0 Å². The highest BCUT2D eigenvalue weighted by Gasteiger charge is 2.45. The van der Waals surface area contributed by atoms with Crippen molar-refractivity contribution >= 4 is 8.32 Å². The van der Waals surface area contributed by atoms with E-state index < -0.39 is 8.32 Å². The maximum absolute atomic E-state index is 6.68. The van der Waals surface area contributed by atoms with Gasteiger partial charge in [-0.2, -0.15) is 0 Å². The molecule has 0 rings (SSSR count). The third-order valence-corrected chi connectivity index (χ3v) is 10.5. The van der Waals surface area contributed by atoms with E-state index in [4.69, 9.17) is 4.43 Å². The molecule has 0 heterocycles. The first-order chi connectivity index (χ1) is 8.97. The van der Waals surface area contributed by atoms with Crippen molar-refractivity contribution in [2.24, 2.45) is 11.3 Å². The van der Waals surface area contributed by atoms with Gasteiger partial charge >= 0.3 is 0 Å².